The Kier molecular flexibility index (Phi) is 10.7. The summed E-state index contributed by atoms with van der Waals surface area (Å²) in [5.74, 6) is -1.66. The molecule has 302 valence electrons. The molecule has 0 bridgehead atoms. The number of carbonyl (C=O) groups is 2. The van der Waals surface area contributed by atoms with Crippen LogP contribution >= 0.6 is 0 Å². The van der Waals surface area contributed by atoms with Crippen LogP contribution in [0.5, 0.6) is 5.75 Å². The van der Waals surface area contributed by atoms with Gasteiger partial charge in [-0.05, 0) is 80.6 Å². The van der Waals surface area contributed by atoms with E-state index in [1.807, 2.05) is 48.5 Å². The number of carbonyl (C=O) groups excluding carboxylic acids is 2. The third kappa shape index (κ3) is 7.08. The average molecular weight is 805 g/mol. The van der Waals surface area contributed by atoms with Crippen LogP contribution in [0.15, 0.2) is 138 Å². The Morgan fingerprint density at radius 2 is 1.36 bits per heavy atom. The summed E-state index contributed by atoms with van der Waals surface area (Å²) in [6, 6.07) is 42.4. The number of piperidine rings is 1. The number of allylic oxidation sites excluding steroid dienone is 1. The van der Waals surface area contributed by atoms with Crippen LogP contribution in [0.2, 0.25) is 5.04 Å². The summed E-state index contributed by atoms with van der Waals surface area (Å²) in [5.41, 5.74) is 3.63. The number of phenols is 1. The number of amides is 2. The van der Waals surface area contributed by atoms with E-state index < -0.39 is 39.3 Å². The standard InChI is InChI=1S/C49H53BN2O6Si/c1-49(2,3)59(36-17-9-5-10-18-36,37-19-11-6-12-20-37)57-32-34-29-42-45(48(55)52(47(42)54)35-25-27-51(28-26-35)31-33-15-7-4-8-16-33)41-30-44(58-50(56)46(34)41)40-23-24-43(53)39-22-14-13-21-38(39)40/h4-24,35,41-42,44-45,53,56H,25-32H2,1-3H3/t41-,42-,44-,45+/m0/s1. The van der Waals surface area contributed by atoms with Gasteiger partial charge >= 0.3 is 7.12 Å². The van der Waals surface area contributed by atoms with Crippen molar-refractivity contribution in [2.45, 2.75) is 70.2 Å². The normalized spacial score (nSPS) is 23.2. The monoisotopic (exact) mass is 804 g/mol. The first kappa shape index (κ1) is 39.6. The minimum atomic E-state index is -3.00. The molecule has 4 aliphatic rings. The van der Waals surface area contributed by atoms with Crippen molar-refractivity contribution in [1.29, 1.82) is 0 Å². The Labute approximate surface area is 348 Å². The summed E-state index contributed by atoms with van der Waals surface area (Å²) in [6.07, 6.45) is 1.63. The molecule has 4 atom stereocenters. The highest BCUT2D eigenvalue weighted by Gasteiger charge is 2.60. The number of hydrogen-bond acceptors (Lipinski definition) is 7. The molecule has 5 aromatic rings. The quantitative estimate of drug-likeness (QED) is 0.120. The van der Waals surface area contributed by atoms with Crippen LogP contribution in [-0.4, -0.2) is 72.9 Å². The summed E-state index contributed by atoms with van der Waals surface area (Å²) in [4.78, 5) is 33.7. The second-order valence-corrected chi connectivity index (χ2v) is 22.2. The van der Waals surface area contributed by atoms with Gasteiger partial charge in [-0.25, -0.2) is 0 Å². The highest BCUT2D eigenvalue weighted by molar-refractivity contribution is 6.99. The van der Waals surface area contributed by atoms with E-state index in [4.69, 9.17) is 9.08 Å². The summed E-state index contributed by atoms with van der Waals surface area (Å²) in [6.45, 7) is 9.38. The van der Waals surface area contributed by atoms with Crippen LogP contribution in [0.1, 0.15) is 63.7 Å². The second-order valence-electron chi connectivity index (χ2n) is 17.9. The molecular weight excluding hydrogens is 751 g/mol. The third-order valence-corrected chi connectivity index (χ3v) is 18.6. The number of fused-ring (bicyclic) bond motifs is 4. The smallest absolute Gasteiger partial charge is 0.487 e. The van der Waals surface area contributed by atoms with Crippen LogP contribution < -0.4 is 10.4 Å². The van der Waals surface area contributed by atoms with Gasteiger partial charge in [-0.3, -0.25) is 19.4 Å². The Morgan fingerprint density at radius 1 is 0.763 bits per heavy atom. The molecule has 9 rings (SSSR count). The molecule has 0 unspecified atom stereocenters. The van der Waals surface area contributed by atoms with Gasteiger partial charge in [0, 0.05) is 31.1 Å². The summed E-state index contributed by atoms with van der Waals surface area (Å²) in [7, 11) is -4.30. The second kappa shape index (κ2) is 16.0. The Hall–Kier alpha value is -4.84. The molecule has 1 aliphatic carbocycles. The minimum Gasteiger partial charge on any atom is -0.507 e. The maximum atomic E-state index is 14.9. The molecule has 3 fully saturated rings. The van der Waals surface area contributed by atoms with Crippen molar-refractivity contribution < 1.29 is 28.8 Å². The lowest BCUT2D eigenvalue weighted by atomic mass is 9.55. The van der Waals surface area contributed by atoms with E-state index in [1.165, 1.54) is 5.56 Å². The van der Waals surface area contributed by atoms with Gasteiger partial charge in [0.25, 0.3) is 8.32 Å². The highest BCUT2D eigenvalue weighted by atomic mass is 28.4. The molecule has 2 amide bonds. The van der Waals surface area contributed by atoms with E-state index in [0.29, 0.717) is 23.7 Å². The third-order valence-electron chi connectivity index (χ3n) is 13.6. The van der Waals surface area contributed by atoms with E-state index in [-0.39, 0.29) is 35.3 Å². The van der Waals surface area contributed by atoms with Crippen molar-refractivity contribution in [3.63, 3.8) is 0 Å². The number of aromatic hydroxyl groups is 1. The van der Waals surface area contributed by atoms with E-state index in [1.54, 1.807) is 11.0 Å². The van der Waals surface area contributed by atoms with E-state index >= 15 is 0 Å². The minimum absolute atomic E-state index is 0.101. The fourth-order valence-electron chi connectivity index (χ4n) is 10.8. The van der Waals surface area contributed by atoms with Crippen molar-refractivity contribution >= 4 is 48.4 Å². The molecular formula is C49H53BN2O6Si. The Bertz CT molecular complexity index is 2320. The van der Waals surface area contributed by atoms with E-state index in [2.05, 4.69) is 98.5 Å². The molecule has 3 aliphatic heterocycles. The van der Waals surface area contributed by atoms with Gasteiger partial charge in [0.15, 0.2) is 0 Å². The van der Waals surface area contributed by atoms with Crippen molar-refractivity contribution in [2.24, 2.45) is 17.8 Å². The van der Waals surface area contributed by atoms with Gasteiger partial charge < -0.3 is 19.2 Å². The molecule has 8 nitrogen and oxygen atoms in total. The summed E-state index contributed by atoms with van der Waals surface area (Å²) >= 11 is 0. The molecule has 5 aromatic carbocycles. The Morgan fingerprint density at radius 3 is 1.98 bits per heavy atom. The number of imide groups is 1. The predicted octanol–water partition coefficient (Wildman–Crippen LogP) is 7.19. The molecule has 3 saturated heterocycles. The molecule has 0 saturated carbocycles. The SMILES string of the molecule is CC(C)(C)[Si](OCC1=C2B(O)O[C@H](c3ccc(O)c4ccccc34)C[C@H]2[C@H]2C(=O)N(C3CCN(Cc4ccccc4)CC3)C(=O)[C@H]2C1)(c1ccccc1)c1ccccc1. The van der Waals surface area contributed by atoms with Gasteiger partial charge in [0.2, 0.25) is 11.8 Å². The van der Waals surface area contributed by atoms with Crippen LogP contribution in [0.25, 0.3) is 10.8 Å². The van der Waals surface area contributed by atoms with Gasteiger partial charge in [0.05, 0.1) is 24.5 Å². The number of likely N-dealkylation sites (tertiary alicyclic amines) is 2. The van der Waals surface area contributed by atoms with Crippen molar-refractivity contribution in [2.75, 3.05) is 19.7 Å². The van der Waals surface area contributed by atoms with E-state index in [9.17, 15) is 19.7 Å². The number of benzene rings is 5. The number of rotatable bonds is 9. The molecule has 2 N–H and O–H groups in total. The largest absolute Gasteiger partial charge is 0.507 e. The van der Waals surface area contributed by atoms with Crippen LogP contribution in [0, 0.1) is 17.8 Å². The molecule has 0 spiro atoms. The van der Waals surface area contributed by atoms with Crippen molar-refractivity contribution in [3.05, 3.63) is 150 Å². The fraction of sp³-hybridized carbons (Fsp3) is 0.347. The van der Waals surface area contributed by atoms with Crippen molar-refractivity contribution in [1.82, 2.24) is 9.80 Å². The summed E-state index contributed by atoms with van der Waals surface area (Å²) in [5, 5.41) is 26.5. The van der Waals surface area contributed by atoms with Crippen molar-refractivity contribution in [3.8, 4) is 5.75 Å². The van der Waals surface area contributed by atoms with Gasteiger partial charge in [0.1, 0.15) is 5.75 Å². The lowest BCUT2D eigenvalue weighted by Gasteiger charge is -2.45. The zero-order valence-electron chi connectivity index (χ0n) is 34.2. The van der Waals surface area contributed by atoms with Gasteiger partial charge in [-0.15, -0.1) is 0 Å². The number of nitrogens with zero attached hydrogens (tertiary/aromatic N) is 2. The molecule has 3 heterocycles. The molecule has 10 heteroatoms. The number of hydrogen-bond donors (Lipinski definition) is 2. The zero-order valence-corrected chi connectivity index (χ0v) is 35.2. The van der Waals surface area contributed by atoms with Crippen LogP contribution in [-0.2, 0) is 25.2 Å². The summed E-state index contributed by atoms with van der Waals surface area (Å²) < 4.78 is 14.0. The van der Waals surface area contributed by atoms with Gasteiger partial charge in [-0.2, -0.15) is 0 Å². The highest BCUT2D eigenvalue weighted by Crippen LogP contribution is 2.53. The fourth-order valence-corrected chi connectivity index (χ4v) is 15.4. The predicted molar refractivity (Wildman–Crippen MR) is 234 cm³/mol. The lowest BCUT2D eigenvalue weighted by molar-refractivity contribution is -0.144. The molecule has 0 radical (unpaired) electrons. The Balaban J connectivity index is 1.08. The van der Waals surface area contributed by atoms with Crippen LogP contribution in [0.3, 0.4) is 0 Å². The maximum Gasteiger partial charge on any atom is 0.487 e. The first-order chi connectivity index (χ1) is 28.5. The first-order valence-electron chi connectivity index (χ1n) is 21.2. The van der Waals surface area contributed by atoms with Gasteiger partial charge in [-0.1, -0.05) is 142 Å². The van der Waals surface area contributed by atoms with Crippen LogP contribution in [0.4, 0.5) is 0 Å². The maximum absolute atomic E-state index is 14.9. The lowest BCUT2D eigenvalue weighted by Crippen LogP contribution is -2.66. The topological polar surface area (TPSA) is 99.5 Å². The molecule has 0 aromatic heterocycles. The molecule has 59 heavy (non-hydrogen) atoms. The van der Waals surface area contributed by atoms with E-state index in [0.717, 1.165) is 59.4 Å². The number of phenolic OH excluding ortho intramolecular Hbond substituents is 1. The average Bonchev–Trinajstić information content (AvgIpc) is 3.50. The first-order valence-corrected chi connectivity index (χ1v) is 23.1. The zero-order chi connectivity index (χ0) is 40.9.